The second-order valence-electron chi connectivity index (χ2n) is 4.35. The third-order valence-electron chi connectivity index (χ3n) is 3.39. The molecular formula is C12H11N4O+. The predicted molar refractivity (Wildman–Crippen MR) is 61.8 cm³/mol. The maximum atomic E-state index is 12.4. The minimum Gasteiger partial charge on any atom is -0.255 e. The van der Waals surface area contributed by atoms with Crippen molar-refractivity contribution in [2.45, 2.75) is 19.5 Å². The number of nitrogens with zero attached hydrogens (tertiary/aromatic N) is 4. The summed E-state index contributed by atoms with van der Waals surface area (Å²) in [6, 6.07) is 7.68. The number of para-hydroxylation sites is 1. The summed E-state index contributed by atoms with van der Waals surface area (Å²) in [5.41, 5.74) is 1.01. The molecule has 5 nitrogen and oxygen atoms in total. The lowest BCUT2D eigenvalue weighted by atomic mass is 10.2. The topological polar surface area (TPSA) is 43.9 Å². The first-order chi connectivity index (χ1) is 8.36. The zero-order valence-electron chi connectivity index (χ0n) is 9.21. The van der Waals surface area contributed by atoms with Crippen LogP contribution in [0.4, 0.5) is 0 Å². The van der Waals surface area contributed by atoms with Crippen molar-refractivity contribution in [2.75, 3.05) is 0 Å². The molecule has 0 aliphatic carbocycles. The minimum absolute atomic E-state index is 0.0852. The van der Waals surface area contributed by atoms with Crippen molar-refractivity contribution in [1.82, 2.24) is 14.3 Å². The van der Waals surface area contributed by atoms with Crippen LogP contribution in [0.3, 0.4) is 0 Å². The molecule has 0 N–H and O–H groups in total. The average Bonchev–Trinajstić information content (AvgIpc) is 2.81. The van der Waals surface area contributed by atoms with Gasteiger partial charge in [0.25, 0.3) is 0 Å². The number of aryl methyl sites for hydroxylation is 2. The van der Waals surface area contributed by atoms with Gasteiger partial charge in [-0.1, -0.05) is 12.1 Å². The molecule has 84 valence electrons. The molecule has 1 aliphatic rings. The van der Waals surface area contributed by atoms with Gasteiger partial charge in [0.15, 0.2) is 0 Å². The van der Waals surface area contributed by atoms with Crippen LogP contribution < -0.4 is 9.96 Å². The van der Waals surface area contributed by atoms with Crippen LogP contribution in [0.25, 0.3) is 16.7 Å². The Bertz CT molecular complexity index is 799. The largest absolute Gasteiger partial charge is 0.359 e. The van der Waals surface area contributed by atoms with Crippen LogP contribution in [0, 0.1) is 0 Å². The summed E-state index contributed by atoms with van der Waals surface area (Å²) >= 11 is 0. The van der Waals surface area contributed by atoms with Crippen molar-refractivity contribution in [3.63, 3.8) is 0 Å². The van der Waals surface area contributed by atoms with E-state index in [-0.39, 0.29) is 5.56 Å². The van der Waals surface area contributed by atoms with Gasteiger partial charge in [-0.05, 0) is 17.2 Å². The molecule has 1 aliphatic heterocycles. The Morgan fingerprint density at radius 3 is 3.06 bits per heavy atom. The fourth-order valence-corrected chi connectivity index (χ4v) is 2.62. The maximum Gasteiger partial charge on any atom is 0.359 e. The average molecular weight is 227 g/mol. The van der Waals surface area contributed by atoms with Crippen molar-refractivity contribution in [3.05, 3.63) is 40.9 Å². The maximum absolute atomic E-state index is 12.4. The molecular weight excluding hydrogens is 216 g/mol. The van der Waals surface area contributed by atoms with Gasteiger partial charge in [-0.3, -0.25) is 4.79 Å². The van der Waals surface area contributed by atoms with E-state index >= 15 is 0 Å². The van der Waals surface area contributed by atoms with Gasteiger partial charge in [-0.2, -0.15) is 4.40 Å². The molecule has 4 rings (SSSR count). The van der Waals surface area contributed by atoms with Crippen LogP contribution in [-0.2, 0) is 13.1 Å². The molecule has 2 aromatic heterocycles. The summed E-state index contributed by atoms with van der Waals surface area (Å²) in [4.78, 5) is 12.4. The first-order valence-corrected chi connectivity index (χ1v) is 5.75. The number of rotatable bonds is 0. The molecule has 3 heterocycles. The highest BCUT2D eigenvalue weighted by molar-refractivity contribution is 5.75. The predicted octanol–water partition coefficient (Wildman–Crippen LogP) is 0.340. The molecule has 17 heavy (non-hydrogen) atoms. The van der Waals surface area contributed by atoms with E-state index in [4.69, 9.17) is 0 Å². The fourth-order valence-electron chi connectivity index (χ4n) is 2.62. The van der Waals surface area contributed by atoms with Crippen molar-refractivity contribution in [3.8, 4) is 0 Å². The highest BCUT2D eigenvalue weighted by Crippen LogP contribution is 2.11. The molecule has 0 spiro atoms. The van der Waals surface area contributed by atoms with E-state index in [1.165, 1.54) is 0 Å². The number of hydrogen-bond donors (Lipinski definition) is 0. The molecule has 0 bridgehead atoms. The molecule has 0 radical (unpaired) electrons. The molecule has 5 heteroatoms. The smallest absolute Gasteiger partial charge is 0.255 e. The SMILES string of the molecule is O=c1c2ccccc2[n+]2cnn3c2n1CCC3. The van der Waals surface area contributed by atoms with E-state index in [0.29, 0.717) is 0 Å². The molecule has 0 fully saturated rings. The molecule has 0 saturated carbocycles. The van der Waals surface area contributed by atoms with Crippen molar-refractivity contribution in [2.24, 2.45) is 0 Å². The fraction of sp³-hybridized carbons (Fsp3) is 0.250. The van der Waals surface area contributed by atoms with Gasteiger partial charge in [0.2, 0.25) is 6.33 Å². The van der Waals surface area contributed by atoms with Crippen LogP contribution in [0.15, 0.2) is 35.4 Å². The summed E-state index contributed by atoms with van der Waals surface area (Å²) in [7, 11) is 0. The summed E-state index contributed by atoms with van der Waals surface area (Å²) in [5.74, 6) is 0.889. The van der Waals surface area contributed by atoms with Gasteiger partial charge in [-0.15, -0.1) is 4.68 Å². The van der Waals surface area contributed by atoms with E-state index in [2.05, 4.69) is 5.10 Å². The van der Waals surface area contributed by atoms with E-state index in [0.717, 1.165) is 36.2 Å². The van der Waals surface area contributed by atoms with Gasteiger partial charge in [-0.25, -0.2) is 4.57 Å². The van der Waals surface area contributed by atoms with Crippen molar-refractivity contribution in [1.29, 1.82) is 0 Å². The summed E-state index contributed by atoms with van der Waals surface area (Å²) in [6.45, 7) is 1.66. The van der Waals surface area contributed by atoms with Crippen LogP contribution in [0.1, 0.15) is 6.42 Å². The molecule has 1 aromatic carbocycles. The van der Waals surface area contributed by atoms with E-state index < -0.39 is 0 Å². The summed E-state index contributed by atoms with van der Waals surface area (Å²) in [6.07, 6.45) is 2.75. The van der Waals surface area contributed by atoms with Gasteiger partial charge in [0, 0.05) is 6.42 Å². The van der Waals surface area contributed by atoms with Crippen molar-refractivity contribution >= 4 is 16.7 Å². The molecule has 3 aromatic rings. The highest BCUT2D eigenvalue weighted by atomic mass is 16.1. The van der Waals surface area contributed by atoms with Crippen LogP contribution in [0.5, 0.6) is 0 Å². The molecule has 0 unspecified atom stereocenters. The van der Waals surface area contributed by atoms with E-state index in [1.807, 2.05) is 37.9 Å². The van der Waals surface area contributed by atoms with E-state index in [9.17, 15) is 4.79 Å². The molecule has 0 amide bonds. The lowest BCUT2D eigenvalue weighted by Gasteiger charge is -2.10. The lowest BCUT2D eigenvalue weighted by Crippen LogP contribution is -2.37. The second kappa shape index (κ2) is 2.94. The zero-order chi connectivity index (χ0) is 11.4. The second-order valence-corrected chi connectivity index (χ2v) is 4.35. The number of hydrogen-bond acceptors (Lipinski definition) is 2. The summed E-state index contributed by atoms with van der Waals surface area (Å²) < 4.78 is 5.71. The van der Waals surface area contributed by atoms with Gasteiger partial charge < -0.3 is 0 Å². The van der Waals surface area contributed by atoms with E-state index in [1.54, 1.807) is 6.33 Å². The highest BCUT2D eigenvalue weighted by Gasteiger charge is 2.24. The lowest BCUT2D eigenvalue weighted by molar-refractivity contribution is -0.487. The Balaban J connectivity index is 2.39. The standard InChI is InChI=1S/C12H11N4O/c17-11-9-4-1-2-5-10(9)15-8-13-16-7-3-6-14(11)12(15)16/h1-2,4-5,8H,3,6-7H2/q+1. The summed E-state index contributed by atoms with van der Waals surface area (Å²) in [5, 5.41) is 5.09. The van der Waals surface area contributed by atoms with Crippen LogP contribution in [0.2, 0.25) is 0 Å². The van der Waals surface area contributed by atoms with Crippen LogP contribution >= 0.6 is 0 Å². The first-order valence-electron chi connectivity index (χ1n) is 5.75. The molecule has 0 saturated heterocycles. The molecule has 0 atom stereocenters. The normalized spacial score (nSPS) is 14.6. The van der Waals surface area contributed by atoms with Crippen LogP contribution in [-0.4, -0.2) is 14.3 Å². The monoisotopic (exact) mass is 227 g/mol. The van der Waals surface area contributed by atoms with Gasteiger partial charge >= 0.3 is 11.3 Å². The quantitative estimate of drug-likeness (QED) is 0.520. The Hall–Kier alpha value is -2.17. The number of benzene rings is 1. The third-order valence-corrected chi connectivity index (χ3v) is 3.39. The minimum atomic E-state index is 0.0852. The Kier molecular flexibility index (Phi) is 1.54. The van der Waals surface area contributed by atoms with Crippen molar-refractivity contribution < 1.29 is 4.40 Å². The Morgan fingerprint density at radius 1 is 1.24 bits per heavy atom. The van der Waals surface area contributed by atoms with Gasteiger partial charge in [0.1, 0.15) is 5.52 Å². The zero-order valence-corrected chi connectivity index (χ0v) is 9.21. The first kappa shape index (κ1) is 8.92. The number of fused-ring (bicyclic) bond motifs is 2. The Labute approximate surface area is 96.5 Å². The number of aromatic nitrogens is 4. The van der Waals surface area contributed by atoms with Gasteiger partial charge in [0.05, 0.1) is 18.5 Å². The third kappa shape index (κ3) is 1.01. The Morgan fingerprint density at radius 2 is 2.12 bits per heavy atom.